The molecular formula is C13H28N2O2. The maximum atomic E-state index is 5.91. The van der Waals surface area contributed by atoms with E-state index >= 15 is 0 Å². The summed E-state index contributed by atoms with van der Waals surface area (Å²) in [6, 6.07) is 0. The largest absolute Gasteiger partial charge is 0.377 e. The van der Waals surface area contributed by atoms with Crippen LogP contribution in [0.15, 0.2) is 0 Å². The van der Waals surface area contributed by atoms with E-state index in [2.05, 4.69) is 31.2 Å². The summed E-state index contributed by atoms with van der Waals surface area (Å²) in [5, 5.41) is 3.41. The van der Waals surface area contributed by atoms with Gasteiger partial charge in [-0.15, -0.1) is 0 Å². The second kappa shape index (κ2) is 8.86. The predicted molar refractivity (Wildman–Crippen MR) is 70.4 cm³/mol. The molecule has 0 aliphatic carbocycles. The van der Waals surface area contributed by atoms with Crippen molar-refractivity contribution in [3.63, 3.8) is 0 Å². The third-order valence-corrected chi connectivity index (χ3v) is 2.98. The number of likely N-dealkylation sites (N-methyl/N-ethyl adjacent to an activating group) is 1. The molecule has 1 rings (SSSR count). The zero-order chi connectivity index (χ0) is 12.5. The monoisotopic (exact) mass is 244 g/mol. The van der Waals surface area contributed by atoms with Crippen LogP contribution in [0.2, 0.25) is 0 Å². The average molecular weight is 244 g/mol. The lowest BCUT2D eigenvalue weighted by Gasteiger charge is -2.15. The first-order valence-corrected chi connectivity index (χ1v) is 6.81. The van der Waals surface area contributed by atoms with Gasteiger partial charge in [-0.1, -0.05) is 6.92 Å². The van der Waals surface area contributed by atoms with Crippen LogP contribution in [0.5, 0.6) is 0 Å². The summed E-state index contributed by atoms with van der Waals surface area (Å²) in [7, 11) is 4.12. The van der Waals surface area contributed by atoms with Gasteiger partial charge in [-0.05, 0) is 39.9 Å². The molecule has 0 aromatic carbocycles. The SMILES string of the molecule is CCCNCC1CCC(COCCN(C)C)O1. The molecule has 4 nitrogen and oxygen atoms in total. The molecule has 0 radical (unpaired) electrons. The molecule has 0 aromatic heterocycles. The molecule has 0 aromatic rings. The fourth-order valence-electron chi connectivity index (χ4n) is 1.95. The van der Waals surface area contributed by atoms with Gasteiger partial charge in [0.2, 0.25) is 0 Å². The van der Waals surface area contributed by atoms with Gasteiger partial charge < -0.3 is 19.7 Å². The van der Waals surface area contributed by atoms with Crippen molar-refractivity contribution in [1.82, 2.24) is 10.2 Å². The first-order valence-electron chi connectivity index (χ1n) is 6.81. The van der Waals surface area contributed by atoms with Gasteiger partial charge in [0.05, 0.1) is 25.4 Å². The van der Waals surface area contributed by atoms with Crippen LogP contribution in [0, 0.1) is 0 Å². The maximum Gasteiger partial charge on any atom is 0.0813 e. The normalized spacial score (nSPS) is 24.7. The highest BCUT2D eigenvalue weighted by Gasteiger charge is 2.24. The van der Waals surface area contributed by atoms with Crippen molar-refractivity contribution in [1.29, 1.82) is 0 Å². The molecule has 4 heteroatoms. The van der Waals surface area contributed by atoms with Crippen LogP contribution in [0.4, 0.5) is 0 Å². The van der Waals surface area contributed by atoms with E-state index in [9.17, 15) is 0 Å². The molecule has 102 valence electrons. The van der Waals surface area contributed by atoms with E-state index in [0.717, 1.165) is 39.3 Å². The summed E-state index contributed by atoms with van der Waals surface area (Å²) in [5.41, 5.74) is 0. The van der Waals surface area contributed by atoms with Gasteiger partial charge in [-0.25, -0.2) is 0 Å². The molecule has 1 saturated heterocycles. The summed E-state index contributed by atoms with van der Waals surface area (Å²) in [5.74, 6) is 0. The van der Waals surface area contributed by atoms with Crippen LogP contribution >= 0.6 is 0 Å². The number of hydrogen-bond donors (Lipinski definition) is 1. The fraction of sp³-hybridized carbons (Fsp3) is 1.00. The second-order valence-electron chi connectivity index (χ2n) is 5.04. The number of rotatable bonds is 9. The highest BCUT2D eigenvalue weighted by molar-refractivity contribution is 4.75. The number of hydrogen-bond acceptors (Lipinski definition) is 4. The highest BCUT2D eigenvalue weighted by atomic mass is 16.5. The van der Waals surface area contributed by atoms with Gasteiger partial charge in [0.1, 0.15) is 0 Å². The van der Waals surface area contributed by atoms with E-state index in [4.69, 9.17) is 9.47 Å². The third kappa shape index (κ3) is 6.99. The minimum atomic E-state index is 0.311. The predicted octanol–water partition coefficient (Wildman–Crippen LogP) is 1.11. The highest BCUT2D eigenvalue weighted by Crippen LogP contribution is 2.19. The van der Waals surface area contributed by atoms with Crippen molar-refractivity contribution in [2.75, 3.05) is 46.9 Å². The van der Waals surface area contributed by atoms with Gasteiger partial charge in [0, 0.05) is 13.1 Å². The summed E-state index contributed by atoms with van der Waals surface area (Å²) in [4.78, 5) is 2.13. The number of nitrogens with zero attached hydrogens (tertiary/aromatic N) is 1. The zero-order valence-corrected chi connectivity index (χ0v) is 11.6. The molecular weight excluding hydrogens is 216 g/mol. The molecule has 1 fully saturated rings. The smallest absolute Gasteiger partial charge is 0.0813 e. The topological polar surface area (TPSA) is 33.7 Å². The first kappa shape index (κ1) is 14.9. The quantitative estimate of drug-likeness (QED) is 0.616. The lowest BCUT2D eigenvalue weighted by molar-refractivity contribution is -0.0163. The van der Waals surface area contributed by atoms with E-state index in [1.807, 2.05) is 0 Å². The van der Waals surface area contributed by atoms with Crippen molar-refractivity contribution in [2.24, 2.45) is 0 Å². The Balaban J connectivity index is 1.97. The first-order chi connectivity index (χ1) is 8.22. The minimum absolute atomic E-state index is 0.311. The molecule has 17 heavy (non-hydrogen) atoms. The lowest BCUT2D eigenvalue weighted by Crippen LogP contribution is -2.28. The van der Waals surface area contributed by atoms with E-state index in [0.29, 0.717) is 12.2 Å². The van der Waals surface area contributed by atoms with Crippen LogP contribution in [0.3, 0.4) is 0 Å². The van der Waals surface area contributed by atoms with Crippen LogP contribution in [0.1, 0.15) is 26.2 Å². The third-order valence-electron chi connectivity index (χ3n) is 2.98. The van der Waals surface area contributed by atoms with Gasteiger partial charge in [0.25, 0.3) is 0 Å². The van der Waals surface area contributed by atoms with Crippen LogP contribution in [-0.2, 0) is 9.47 Å². The Morgan fingerprint density at radius 3 is 2.76 bits per heavy atom. The van der Waals surface area contributed by atoms with E-state index in [1.54, 1.807) is 0 Å². The molecule has 1 heterocycles. The van der Waals surface area contributed by atoms with Gasteiger partial charge >= 0.3 is 0 Å². The standard InChI is InChI=1S/C13H28N2O2/c1-4-7-14-10-12-5-6-13(17-12)11-16-9-8-15(2)3/h12-14H,4-11H2,1-3H3. The molecule has 2 atom stereocenters. The van der Waals surface area contributed by atoms with Crippen molar-refractivity contribution in [3.05, 3.63) is 0 Å². The minimum Gasteiger partial charge on any atom is -0.377 e. The van der Waals surface area contributed by atoms with Gasteiger partial charge in [-0.3, -0.25) is 0 Å². The number of nitrogens with one attached hydrogen (secondary N) is 1. The molecule has 1 aliphatic heterocycles. The Labute approximate surface area is 106 Å². The summed E-state index contributed by atoms with van der Waals surface area (Å²) in [6.45, 7) is 6.79. The fourth-order valence-corrected chi connectivity index (χ4v) is 1.95. The Kier molecular flexibility index (Phi) is 7.77. The van der Waals surface area contributed by atoms with Crippen molar-refractivity contribution < 1.29 is 9.47 Å². The Hall–Kier alpha value is -0.160. The van der Waals surface area contributed by atoms with Crippen LogP contribution in [-0.4, -0.2) is 64.1 Å². The average Bonchev–Trinajstić information content (AvgIpc) is 2.73. The van der Waals surface area contributed by atoms with Gasteiger partial charge in [0.15, 0.2) is 0 Å². The van der Waals surface area contributed by atoms with E-state index in [1.165, 1.54) is 12.8 Å². The van der Waals surface area contributed by atoms with Crippen molar-refractivity contribution in [3.8, 4) is 0 Å². The van der Waals surface area contributed by atoms with Gasteiger partial charge in [-0.2, -0.15) is 0 Å². The lowest BCUT2D eigenvalue weighted by atomic mass is 10.2. The molecule has 1 N–H and O–H groups in total. The molecule has 0 spiro atoms. The van der Waals surface area contributed by atoms with E-state index < -0.39 is 0 Å². The molecule has 0 amide bonds. The Morgan fingerprint density at radius 2 is 2.06 bits per heavy atom. The second-order valence-corrected chi connectivity index (χ2v) is 5.04. The summed E-state index contributed by atoms with van der Waals surface area (Å²) < 4.78 is 11.5. The molecule has 2 unspecified atom stereocenters. The number of ether oxygens (including phenoxy) is 2. The Bertz CT molecular complexity index is 188. The molecule has 1 aliphatic rings. The summed E-state index contributed by atoms with van der Waals surface area (Å²) >= 11 is 0. The van der Waals surface area contributed by atoms with E-state index in [-0.39, 0.29) is 0 Å². The van der Waals surface area contributed by atoms with Crippen LogP contribution < -0.4 is 5.32 Å². The van der Waals surface area contributed by atoms with Crippen molar-refractivity contribution in [2.45, 2.75) is 38.4 Å². The maximum absolute atomic E-state index is 5.91. The van der Waals surface area contributed by atoms with Crippen LogP contribution in [0.25, 0.3) is 0 Å². The zero-order valence-electron chi connectivity index (χ0n) is 11.6. The molecule has 0 saturated carbocycles. The summed E-state index contributed by atoms with van der Waals surface area (Å²) in [6.07, 6.45) is 4.19. The Morgan fingerprint density at radius 1 is 1.29 bits per heavy atom. The molecule has 0 bridgehead atoms. The van der Waals surface area contributed by atoms with Crippen molar-refractivity contribution >= 4 is 0 Å².